The second-order valence-electron chi connectivity index (χ2n) is 13.7. The third kappa shape index (κ3) is 3.21. The summed E-state index contributed by atoms with van der Waals surface area (Å²) >= 11 is 6.83. The average molecular weight is 469 g/mol. The Kier molecular flexibility index (Phi) is 5.70. The molecule has 0 amide bonds. The van der Waals surface area contributed by atoms with E-state index in [1.54, 1.807) is 0 Å². The Morgan fingerprint density at radius 1 is 1.10 bits per heavy atom. The van der Waals surface area contributed by atoms with E-state index in [-0.39, 0.29) is 56.5 Å². The third-order valence-corrected chi connectivity index (χ3v) is 16.4. The van der Waals surface area contributed by atoms with Crippen molar-refractivity contribution in [1.82, 2.24) is 0 Å². The van der Waals surface area contributed by atoms with Crippen molar-refractivity contribution in [3.8, 4) is 0 Å². The SMILES string of the molecule is CC1(C)[C@H]2CC[C@@]13[C@H](Cl)C(=O)[C@H]3C[C@H]1[C@@H](O[Si](C)(C)C(C)(C)C)CCC[C@@]1(C)[C@@H](O)C2. The highest BCUT2D eigenvalue weighted by Crippen LogP contribution is 2.72. The fourth-order valence-corrected chi connectivity index (χ4v) is 9.96. The second kappa shape index (κ2) is 7.30. The number of carbonyl (C=O) groups is 1. The van der Waals surface area contributed by atoms with Gasteiger partial charge in [0.2, 0.25) is 0 Å². The van der Waals surface area contributed by atoms with Gasteiger partial charge >= 0.3 is 0 Å². The van der Waals surface area contributed by atoms with Crippen LogP contribution in [0.25, 0.3) is 0 Å². The Hall–Kier alpha value is 0.0969. The van der Waals surface area contributed by atoms with Gasteiger partial charge in [0.05, 0.1) is 11.5 Å². The zero-order valence-electron chi connectivity index (χ0n) is 21.1. The third-order valence-electron chi connectivity index (χ3n) is 11.3. The first kappa shape index (κ1) is 24.2. The molecule has 0 heterocycles. The highest BCUT2D eigenvalue weighted by Gasteiger charge is 2.72. The van der Waals surface area contributed by atoms with Crippen LogP contribution in [0, 0.1) is 34.0 Å². The molecule has 0 saturated heterocycles. The first-order chi connectivity index (χ1) is 14.1. The standard InChI is InChI=1S/C26H45ClO3Si/c1-23(2,3)31(7,8)30-19-10-9-12-25(6)17(19)15-18-21(29)22(27)26(18)13-11-16(14-20(25)28)24(26,4)5/h16-20,22,28H,9-15H2,1-8H3/t16-,17-,18+,19-,20-,22+,25+,26+/m0/s1. The lowest BCUT2D eigenvalue weighted by Gasteiger charge is -2.60. The van der Waals surface area contributed by atoms with Gasteiger partial charge in [-0.2, -0.15) is 0 Å². The highest BCUT2D eigenvalue weighted by molar-refractivity contribution is 6.74. The first-order valence-corrected chi connectivity index (χ1v) is 16.0. The van der Waals surface area contributed by atoms with Crippen LogP contribution in [0.2, 0.25) is 18.1 Å². The molecule has 4 aliphatic rings. The van der Waals surface area contributed by atoms with Gasteiger partial charge in [-0.3, -0.25) is 4.79 Å². The van der Waals surface area contributed by atoms with Gasteiger partial charge < -0.3 is 9.53 Å². The van der Waals surface area contributed by atoms with E-state index in [0.29, 0.717) is 5.92 Å². The van der Waals surface area contributed by atoms with Gasteiger partial charge in [0.25, 0.3) is 0 Å². The molecule has 3 nitrogen and oxygen atoms in total. The maximum atomic E-state index is 13.2. The quantitative estimate of drug-likeness (QED) is 0.368. The van der Waals surface area contributed by atoms with Crippen molar-refractivity contribution in [2.24, 2.45) is 34.0 Å². The molecule has 4 aliphatic carbocycles. The van der Waals surface area contributed by atoms with Crippen LogP contribution in [-0.2, 0) is 9.22 Å². The topological polar surface area (TPSA) is 46.5 Å². The summed E-state index contributed by atoms with van der Waals surface area (Å²) in [7, 11) is -1.96. The lowest BCUT2D eigenvalue weighted by molar-refractivity contribution is -0.158. The van der Waals surface area contributed by atoms with Crippen molar-refractivity contribution < 1.29 is 14.3 Å². The Bertz CT molecular complexity index is 743. The summed E-state index contributed by atoms with van der Waals surface area (Å²) in [5.74, 6) is 0.922. The van der Waals surface area contributed by atoms with Crippen LogP contribution in [0.15, 0.2) is 0 Å². The molecule has 1 spiro atoms. The molecule has 0 unspecified atom stereocenters. The number of aliphatic hydroxyl groups is 1. The average Bonchev–Trinajstić information content (AvgIpc) is 2.92. The van der Waals surface area contributed by atoms with Crippen molar-refractivity contribution >= 4 is 25.7 Å². The molecule has 178 valence electrons. The summed E-state index contributed by atoms with van der Waals surface area (Å²) in [5.41, 5.74) is -0.316. The van der Waals surface area contributed by atoms with Crippen LogP contribution in [0.5, 0.6) is 0 Å². The first-order valence-electron chi connectivity index (χ1n) is 12.6. The van der Waals surface area contributed by atoms with Crippen LogP contribution in [0.1, 0.15) is 86.5 Å². The molecule has 4 saturated carbocycles. The summed E-state index contributed by atoms with van der Waals surface area (Å²) in [6, 6.07) is 0. The van der Waals surface area contributed by atoms with Crippen LogP contribution in [0.3, 0.4) is 0 Å². The molecule has 31 heavy (non-hydrogen) atoms. The zero-order valence-corrected chi connectivity index (χ0v) is 22.8. The minimum Gasteiger partial charge on any atom is -0.414 e. The fourth-order valence-electron chi connectivity index (χ4n) is 7.88. The highest BCUT2D eigenvalue weighted by atomic mass is 35.5. The maximum Gasteiger partial charge on any atom is 0.192 e. The van der Waals surface area contributed by atoms with E-state index in [1.807, 2.05) is 0 Å². The summed E-state index contributed by atoms with van der Waals surface area (Å²) in [5, 5.41) is 11.5. The van der Waals surface area contributed by atoms with Crippen LogP contribution in [0.4, 0.5) is 0 Å². The van der Waals surface area contributed by atoms with E-state index in [0.717, 1.165) is 44.9 Å². The Morgan fingerprint density at radius 3 is 2.35 bits per heavy atom. The van der Waals surface area contributed by atoms with Gasteiger partial charge in [0.15, 0.2) is 14.1 Å². The van der Waals surface area contributed by atoms with Crippen LogP contribution in [-0.4, -0.2) is 36.8 Å². The molecule has 0 radical (unpaired) electrons. The largest absolute Gasteiger partial charge is 0.414 e. The Balaban J connectivity index is 1.75. The van der Waals surface area contributed by atoms with E-state index < -0.39 is 8.32 Å². The molecule has 0 aromatic carbocycles. The zero-order chi connectivity index (χ0) is 23.2. The van der Waals surface area contributed by atoms with E-state index >= 15 is 0 Å². The molecule has 1 N–H and O–H groups in total. The van der Waals surface area contributed by atoms with Crippen molar-refractivity contribution in [3.05, 3.63) is 0 Å². The lowest BCUT2D eigenvalue weighted by Crippen LogP contribution is -2.65. The summed E-state index contributed by atoms with van der Waals surface area (Å²) in [6.07, 6.45) is 6.74. The second-order valence-corrected chi connectivity index (χ2v) is 18.9. The van der Waals surface area contributed by atoms with Crippen molar-refractivity contribution in [2.75, 3.05) is 0 Å². The Labute approximate surface area is 196 Å². The van der Waals surface area contributed by atoms with Crippen LogP contribution >= 0.6 is 11.6 Å². The number of fused-ring (bicyclic) bond motifs is 2. The number of Topliss-reactive ketones (excluding diaryl/α,β-unsaturated/α-hetero) is 1. The number of carbonyl (C=O) groups excluding carboxylic acids is 1. The lowest BCUT2D eigenvalue weighted by atomic mass is 9.46. The van der Waals surface area contributed by atoms with E-state index in [1.165, 1.54) is 0 Å². The van der Waals surface area contributed by atoms with Crippen molar-refractivity contribution in [1.29, 1.82) is 0 Å². The molecule has 4 rings (SSSR count). The van der Waals surface area contributed by atoms with E-state index in [9.17, 15) is 9.90 Å². The minimum absolute atomic E-state index is 0.0153. The molecular weight excluding hydrogens is 424 g/mol. The minimum atomic E-state index is -1.96. The van der Waals surface area contributed by atoms with E-state index in [4.69, 9.17) is 16.0 Å². The Morgan fingerprint density at radius 2 is 1.74 bits per heavy atom. The summed E-state index contributed by atoms with van der Waals surface area (Å²) in [6.45, 7) is 18.5. The molecule has 0 aliphatic heterocycles. The van der Waals surface area contributed by atoms with Gasteiger partial charge in [-0.05, 0) is 79.3 Å². The van der Waals surface area contributed by atoms with Crippen molar-refractivity contribution in [2.45, 2.75) is 122 Å². The van der Waals surface area contributed by atoms with Crippen molar-refractivity contribution in [3.63, 3.8) is 0 Å². The number of hydrogen-bond acceptors (Lipinski definition) is 3. The molecule has 0 aromatic heterocycles. The van der Waals surface area contributed by atoms with E-state index in [2.05, 4.69) is 54.6 Å². The summed E-state index contributed by atoms with van der Waals surface area (Å²) < 4.78 is 7.05. The van der Waals surface area contributed by atoms with Gasteiger partial charge in [0.1, 0.15) is 0 Å². The molecular formula is C26H45ClO3Si. The number of aliphatic hydroxyl groups excluding tert-OH is 1. The molecule has 4 fully saturated rings. The molecule has 0 aromatic rings. The number of halogens is 1. The number of ketones is 1. The molecule has 8 atom stereocenters. The predicted octanol–water partition coefficient (Wildman–Crippen LogP) is 6.57. The predicted molar refractivity (Wildman–Crippen MR) is 130 cm³/mol. The number of hydrogen-bond donors (Lipinski definition) is 1. The molecule has 2 bridgehead atoms. The van der Waals surface area contributed by atoms with Gasteiger partial charge in [-0.25, -0.2) is 0 Å². The number of alkyl halides is 1. The molecule has 5 heteroatoms. The smallest absolute Gasteiger partial charge is 0.192 e. The monoisotopic (exact) mass is 468 g/mol. The normalized spacial score (nSPS) is 47.5. The van der Waals surface area contributed by atoms with Gasteiger partial charge in [0, 0.05) is 17.4 Å². The van der Waals surface area contributed by atoms with Gasteiger partial charge in [-0.1, -0.05) is 48.0 Å². The summed E-state index contributed by atoms with van der Waals surface area (Å²) in [4.78, 5) is 13.2. The maximum absolute atomic E-state index is 13.2. The van der Waals surface area contributed by atoms with Crippen LogP contribution < -0.4 is 0 Å². The fraction of sp³-hybridized carbons (Fsp3) is 0.962. The number of rotatable bonds is 2. The van der Waals surface area contributed by atoms with Gasteiger partial charge in [-0.15, -0.1) is 11.6 Å².